The van der Waals surface area contributed by atoms with E-state index < -0.39 is 0 Å². The van der Waals surface area contributed by atoms with Crippen LogP contribution in [0.3, 0.4) is 0 Å². The van der Waals surface area contributed by atoms with Gasteiger partial charge < -0.3 is 14.2 Å². The van der Waals surface area contributed by atoms with E-state index >= 15 is 0 Å². The lowest BCUT2D eigenvalue weighted by Crippen LogP contribution is -2.19. The van der Waals surface area contributed by atoms with E-state index in [1.54, 1.807) is 21.3 Å². The molecule has 6 rings (SSSR count). The Morgan fingerprint density at radius 3 is 2.13 bits per heavy atom. The third kappa shape index (κ3) is 2.57. The lowest BCUT2D eigenvalue weighted by Gasteiger charge is -2.34. The molecule has 0 saturated carbocycles. The number of hydrogen-bond acceptors (Lipinski definition) is 3. The van der Waals surface area contributed by atoms with E-state index in [0.29, 0.717) is 0 Å². The molecule has 3 aromatic carbocycles. The zero-order valence-electron chi connectivity index (χ0n) is 18.6. The number of ether oxygens (including phenoxy) is 3. The van der Waals surface area contributed by atoms with Crippen LogP contribution in [0.1, 0.15) is 61.9 Å². The van der Waals surface area contributed by atoms with Crippen molar-refractivity contribution in [1.82, 2.24) is 0 Å². The zero-order valence-corrected chi connectivity index (χ0v) is 18.6. The van der Waals surface area contributed by atoms with Crippen molar-refractivity contribution < 1.29 is 14.2 Å². The second-order valence-electron chi connectivity index (χ2n) is 8.63. The second kappa shape index (κ2) is 6.80. The fourth-order valence-corrected chi connectivity index (χ4v) is 5.70. The van der Waals surface area contributed by atoms with Crippen molar-refractivity contribution in [3.63, 3.8) is 0 Å². The molecule has 0 radical (unpaired) electrons. The highest BCUT2D eigenvalue weighted by atomic mass is 16.5. The molecule has 3 nitrogen and oxygen atoms in total. The van der Waals surface area contributed by atoms with E-state index in [9.17, 15) is 0 Å². The minimum atomic E-state index is 0.165. The van der Waals surface area contributed by atoms with Crippen LogP contribution in [0, 0.1) is 20.8 Å². The molecule has 3 aliphatic rings. The largest absolute Gasteiger partial charge is 0.497 e. The summed E-state index contributed by atoms with van der Waals surface area (Å²) in [5.41, 5.74) is 12.0. The predicted octanol–water partition coefficient (Wildman–Crippen LogP) is 5.82. The Bertz CT molecular complexity index is 1180. The van der Waals surface area contributed by atoms with Gasteiger partial charge in [-0.3, -0.25) is 0 Å². The van der Waals surface area contributed by atoms with Gasteiger partial charge in [-0.25, -0.2) is 0 Å². The Balaban J connectivity index is 1.91. The van der Waals surface area contributed by atoms with Crippen LogP contribution >= 0.6 is 0 Å². The third-order valence-electron chi connectivity index (χ3n) is 6.88. The Labute approximate surface area is 178 Å². The van der Waals surface area contributed by atoms with Gasteiger partial charge in [0.25, 0.3) is 0 Å². The molecule has 0 aromatic heterocycles. The Hall–Kier alpha value is -2.94. The number of benzene rings is 3. The standard InChI is InChI=1S/C27H28O3/c1-14-7-16(3)25-20(8-14)21-10-17-11-23(29-5)15(2)9-19(17)27(25)22-12-18(28-4)13-24(30-6)26(21)22/h7-9,11-13,21,27H,10H2,1-6H3. The molecule has 3 heteroatoms. The molecule has 0 fully saturated rings. The van der Waals surface area contributed by atoms with E-state index in [1.165, 1.54) is 50.1 Å². The van der Waals surface area contributed by atoms with Crippen LogP contribution in [-0.2, 0) is 6.42 Å². The SMILES string of the molecule is COc1cc(OC)c2c(c1)C1c3cc(C)c(OC)cc3CC2c2cc(C)cc(C)c21. The molecule has 3 aliphatic carbocycles. The van der Waals surface area contributed by atoms with Gasteiger partial charge in [0.05, 0.1) is 21.3 Å². The van der Waals surface area contributed by atoms with E-state index in [0.717, 1.165) is 23.7 Å². The van der Waals surface area contributed by atoms with Crippen molar-refractivity contribution in [3.05, 3.63) is 86.5 Å². The van der Waals surface area contributed by atoms with Crippen LogP contribution in [0.2, 0.25) is 0 Å². The number of aryl methyl sites for hydroxylation is 3. The smallest absolute Gasteiger partial charge is 0.126 e. The first-order valence-corrected chi connectivity index (χ1v) is 10.5. The molecule has 0 heterocycles. The van der Waals surface area contributed by atoms with Gasteiger partial charge in [-0.2, -0.15) is 0 Å². The van der Waals surface area contributed by atoms with E-state index in [1.807, 2.05) is 6.07 Å². The monoisotopic (exact) mass is 400 g/mol. The first-order valence-electron chi connectivity index (χ1n) is 10.5. The molecule has 2 unspecified atom stereocenters. The molecule has 154 valence electrons. The van der Waals surface area contributed by atoms with E-state index in [-0.39, 0.29) is 11.8 Å². The number of rotatable bonds is 3. The van der Waals surface area contributed by atoms with E-state index in [2.05, 4.69) is 51.1 Å². The predicted molar refractivity (Wildman–Crippen MR) is 120 cm³/mol. The summed E-state index contributed by atoms with van der Waals surface area (Å²) in [4.78, 5) is 0. The van der Waals surface area contributed by atoms with Crippen LogP contribution in [0.25, 0.3) is 0 Å². The Kier molecular flexibility index (Phi) is 4.32. The highest BCUT2D eigenvalue weighted by Gasteiger charge is 2.41. The average Bonchev–Trinajstić information content (AvgIpc) is 2.95. The maximum Gasteiger partial charge on any atom is 0.126 e. The zero-order chi connectivity index (χ0) is 21.2. The first-order chi connectivity index (χ1) is 14.5. The lowest BCUT2D eigenvalue weighted by molar-refractivity contribution is 0.387. The second-order valence-corrected chi connectivity index (χ2v) is 8.63. The summed E-state index contributed by atoms with van der Waals surface area (Å²) in [5.74, 6) is 3.13. The van der Waals surface area contributed by atoms with Gasteiger partial charge in [0.1, 0.15) is 17.2 Å². The summed E-state index contributed by atoms with van der Waals surface area (Å²) >= 11 is 0. The Morgan fingerprint density at radius 2 is 1.43 bits per heavy atom. The highest BCUT2D eigenvalue weighted by Crippen LogP contribution is 2.56. The summed E-state index contributed by atoms with van der Waals surface area (Å²) in [7, 11) is 5.24. The number of hydrogen-bond donors (Lipinski definition) is 0. The molecule has 3 aromatic rings. The third-order valence-corrected chi connectivity index (χ3v) is 6.88. The van der Waals surface area contributed by atoms with Gasteiger partial charge in [0.2, 0.25) is 0 Å². The topological polar surface area (TPSA) is 27.7 Å². The van der Waals surface area contributed by atoms with Crippen molar-refractivity contribution in [1.29, 1.82) is 0 Å². The lowest BCUT2D eigenvalue weighted by atomic mass is 9.70. The molecular weight excluding hydrogens is 372 g/mol. The molecule has 0 N–H and O–H groups in total. The Morgan fingerprint density at radius 1 is 0.667 bits per heavy atom. The van der Waals surface area contributed by atoms with Crippen LogP contribution in [-0.4, -0.2) is 21.3 Å². The molecule has 0 aliphatic heterocycles. The summed E-state index contributed by atoms with van der Waals surface area (Å²) in [5, 5.41) is 0. The van der Waals surface area contributed by atoms with Crippen molar-refractivity contribution >= 4 is 0 Å². The van der Waals surface area contributed by atoms with Gasteiger partial charge in [-0.15, -0.1) is 0 Å². The van der Waals surface area contributed by atoms with Crippen LogP contribution in [0.15, 0.2) is 36.4 Å². The minimum absolute atomic E-state index is 0.165. The van der Waals surface area contributed by atoms with E-state index in [4.69, 9.17) is 14.2 Å². The van der Waals surface area contributed by atoms with Gasteiger partial charge in [0.15, 0.2) is 0 Å². The van der Waals surface area contributed by atoms with Gasteiger partial charge in [-0.05, 0) is 78.3 Å². The van der Waals surface area contributed by atoms with Crippen LogP contribution in [0.4, 0.5) is 0 Å². The summed E-state index contributed by atoms with van der Waals surface area (Å²) < 4.78 is 17.2. The van der Waals surface area contributed by atoms with Crippen LogP contribution < -0.4 is 14.2 Å². The molecular formula is C27H28O3. The summed E-state index contributed by atoms with van der Waals surface area (Å²) in [6, 6.07) is 13.5. The van der Waals surface area contributed by atoms with Crippen molar-refractivity contribution in [2.45, 2.75) is 39.0 Å². The normalized spacial score (nSPS) is 18.2. The fourth-order valence-electron chi connectivity index (χ4n) is 5.70. The van der Waals surface area contributed by atoms with Crippen molar-refractivity contribution in [3.8, 4) is 17.2 Å². The molecule has 2 atom stereocenters. The first kappa shape index (κ1) is 19.0. The summed E-state index contributed by atoms with van der Waals surface area (Å²) in [6.45, 7) is 6.57. The van der Waals surface area contributed by atoms with Gasteiger partial charge in [0, 0.05) is 23.5 Å². The van der Waals surface area contributed by atoms with Crippen molar-refractivity contribution in [2.24, 2.45) is 0 Å². The minimum Gasteiger partial charge on any atom is -0.497 e. The fraction of sp³-hybridized carbons (Fsp3) is 0.333. The highest BCUT2D eigenvalue weighted by molar-refractivity contribution is 5.68. The van der Waals surface area contributed by atoms with Crippen molar-refractivity contribution in [2.75, 3.05) is 21.3 Å². The van der Waals surface area contributed by atoms with Crippen LogP contribution in [0.5, 0.6) is 17.2 Å². The maximum absolute atomic E-state index is 5.90. The molecule has 2 bridgehead atoms. The molecule has 0 spiro atoms. The number of methoxy groups -OCH3 is 3. The molecule has 30 heavy (non-hydrogen) atoms. The maximum atomic E-state index is 5.90. The molecule has 0 amide bonds. The summed E-state index contributed by atoms with van der Waals surface area (Å²) in [6.07, 6.45) is 0.939. The average molecular weight is 401 g/mol. The van der Waals surface area contributed by atoms with Gasteiger partial charge >= 0.3 is 0 Å². The quantitative estimate of drug-likeness (QED) is 0.554. The van der Waals surface area contributed by atoms with Gasteiger partial charge in [-0.1, -0.05) is 23.8 Å². The molecule has 0 saturated heterocycles.